The average Bonchev–Trinajstić information content (AvgIpc) is 3.42. The zero-order chi connectivity index (χ0) is 53.6. The molecule has 9 rings (SSSR count). The number of rotatable bonds is 5. The van der Waals surface area contributed by atoms with Crippen LogP contribution in [0.3, 0.4) is 0 Å². The Bertz CT molecular complexity index is 3190. The van der Waals surface area contributed by atoms with Crippen molar-refractivity contribution in [1.82, 2.24) is 0 Å². The molecule has 71 heavy (non-hydrogen) atoms. The third-order valence-electron chi connectivity index (χ3n) is 10.3. The Balaban J connectivity index is 0.000000481. The van der Waals surface area contributed by atoms with Crippen LogP contribution in [0.4, 0.5) is 0 Å². The molecule has 9 aromatic rings. The molecule has 0 amide bonds. The predicted octanol–water partition coefficient (Wildman–Crippen LogP) is 18.5. The van der Waals surface area contributed by atoms with Crippen LogP contribution in [0.5, 0.6) is 0 Å². The summed E-state index contributed by atoms with van der Waals surface area (Å²) in [5.41, 5.74) is 10.3. The van der Waals surface area contributed by atoms with Gasteiger partial charge in [0.1, 0.15) is 16.7 Å². The molecule has 0 spiro atoms. The number of para-hydroxylation sites is 3. The zero-order valence-corrected chi connectivity index (χ0v) is 46.5. The lowest BCUT2D eigenvalue weighted by Crippen LogP contribution is -2.08. The summed E-state index contributed by atoms with van der Waals surface area (Å²) in [4.78, 5) is 48.4. The summed E-state index contributed by atoms with van der Waals surface area (Å²) in [6.45, 7) is 31.9. The van der Waals surface area contributed by atoms with Gasteiger partial charge >= 0.3 is 16.9 Å². The molecule has 0 unspecified atom stereocenters. The number of aldehydes is 1. The largest absolute Gasteiger partial charge is 0.422 e. The van der Waals surface area contributed by atoms with Crippen molar-refractivity contribution in [3.8, 4) is 33.4 Å². The molecule has 0 bridgehead atoms. The van der Waals surface area contributed by atoms with Crippen molar-refractivity contribution >= 4 is 55.1 Å². The number of benzene rings is 6. The number of carbonyl (C=O) groups is 1. The van der Waals surface area contributed by atoms with Gasteiger partial charge in [-0.2, -0.15) is 0 Å². The Labute approximate surface area is 430 Å². The molecule has 0 fully saturated rings. The molecule has 0 aliphatic carbocycles. The Kier molecular flexibility index (Phi) is 29.4. The molecule has 376 valence electrons. The molecule has 8 heteroatoms. The Morgan fingerprint density at radius 2 is 0.676 bits per heavy atom. The van der Waals surface area contributed by atoms with E-state index in [1.165, 1.54) is 0 Å². The monoisotopic (exact) mass is 1020 g/mol. The third-order valence-corrected chi connectivity index (χ3v) is 10.9. The minimum atomic E-state index is -0.486. The lowest BCUT2D eigenvalue weighted by atomic mass is 9.96. The maximum Gasteiger partial charge on any atom is 0.344 e. The molecule has 0 atom stereocenters. The van der Waals surface area contributed by atoms with Gasteiger partial charge in [0.05, 0.1) is 16.7 Å². The van der Waals surface area contributed by atoms with Crippen molar-refractivity contribution in [2.45, 2.75) is 116 Å². The highest BCUT2D eigenvalue weighted by Crippen LogP contribution is 2.32. The van der Waals surface area contributed by atoms with E-state index in [0.29, 0.717) is 49.7 Å². The number of fused-ring (bicyclic) bond motifs is 3. The van der Waals surface area contributed by atoms with E-state index in [-0.39, 0.29) is 11.3 Å². The number of halogens is 1. The number of hydrogen-bond donors (Lipinski definition) is 0. The van der Waals surface area contributed by atoms with E-state index in [2.05, 4.69) is 15.9 Å². The molecule has 0 aliphatic heterocycles. The van der Waals surface area contributed by atoms with Crippen molar-refractivity contribution in [1.29, 1.82) is 0 Å². The number of alkyl halides is 1. The molecule has 3 heterocycles. The van der Waals surface area contributed by atoms with Crippen molar-refractivity contribution in [3.05, 3.63) is 210 Å². The number of carbonyl (C=O) groups excluding carboxylic acids is 1. The second-order valence-corrected chi connectivity index (χ2v) is 14.6. The highest BCUT2D eigenvalue weighted by Gasteiger charge is 2.18. The van der Waals surface area contributed by atoms with E-state index in [1.807, 2.05) is 238 Å². The Hall–Kier alpha value is -6.90. The quantitative estimate of drug-likeness (QED) is 0.0960. The first-order valence-corrected chi connectivity index (χ1v) is 26.1. The van der Waals surface area contributed by atoms with Gasteiger partial charge in [0.15, 0.2) is 6.29 Å². The van der Waals surface area contributed by atoms with Crippen LogP contribution in [0.1, 0.15) is 121 Å². The average molecular weight is 1020 g/mol. The molecule has 3 aromatic heterocycles. The lowest BCUT2D eigenvalue weighted by Gasteiger charge is -2.11. The predicted molar refractivity (Wildman–Crippen MR) is 309 cm³/mol. The normalized spacial score (nSPS) is 9.48. The van der Waals surface area contributed by atoms with Crippen molar-refractivity contribution < 1.29 is 18.0 Å². The van der Waals surface area contributed by atoms with Gasteiger partial charge in [-0.3, -0.25) is 4.79 Å². The van der Waals surface area contributed by atoms with Gasteiger partial charge < -0.3 is 13.3 Å². The zero-order valence-electron chi connectivity index (χ0n) is 44.9. The first-order valence-electron chi connectivity index (χ1n) is 24.9. The van der Waals surface area contributed by atoms with Crippen LogP contribution in [-0.4, -0.2) is 6.29 Å². The highest BCUT2D eigenvalue weighted by molar-refractivity contribution is 9.08. The molecule has 0 radical (unpaired) electrons. The first-order chi connectivity index (χ1) is 34.6. The van der Waals surface area contributed by atoms with E-state index in [4.69, 9.17) is 13.3 Å². The third kappa shape index (κ3) is 15.5. The summed E-state index contributed by atoms with van der Waals surface area (Å²) >= 11 is 3.50. The Morgan fingerprint density at radius 1 is 0.380 bits per heavy atom. The van der Waals surface area contributed by atoms with Gasteiger partial charge in [-0.15, -0.1) is 0 Å². The fourth-order valence-corrected chi connectivity index (χ4v) is 7.93. The van der Waals surface area contributed by atoms with Gasteiger partial charge in [-0.05, 0) is 90.4 Å². The number of aryl methyl sites for hydroxylation is 4. The molecule has 0 N–H and O–H groups in total. The standard InChI is InChI=1S/C17H13BrO2.C17H12O3.C17H14O2.6C2H6/c2*1-11-6-2-3-7-12(11)16-14(10-18)13-8-4-5-9-15(13)20-17(16)19;1-11-7-3-4-8-13(11)16-12(2)14-9-5-6-10-15(14)19-17(16)18;6*1-2/h2-9H,10H2,1H3;2-10H,1H3;3-10H,1-2H3;6*1-2H3. The smallest absolute Gasteiger partial charge is 0.344 e. The van der Waals surface area contributed by atoms with Crippen LogP contribution in [0.25, 0.3) is 66.3 Å². The maximum atomic E-state index is 12.4. The van der Waals surface area contributed by atoms with E-state index in [0.717, 1.165) is 61.6 Å². The fraction of sp³-hybridized carbons (Fsp3) is 0.270. The second kappa shape index (κ2) is 33.6. The van der Waals surface area contributed by atoms with E-state index in [9.17, 15) is 19.2 Å². The van der Waals surface area contributed by atoms with E-state index < -0.39 is 5.63 Å². The molecular formula is C63H75BrO7. The summed E-state index contributed by atoms with van der Waals surface area (Å²) in [5.74, 6) is 0. The number of hydrogen-bond acceptors (Lipinski definition) is 7. The van der Waals surface area contributed by atoms with E-state index in [1.54, 1.807) is 18.2 Å². The van der Waals surface area contributed by atoms with Crippen LogP contribution in [-0.2, 0) is 5.33 Å². The Morgan fingerprint density at radius 3 is 1.08 bits per heavy atom. The summed E-state index contributed by atoms with van der Waals surface area (Å²) in [6, 6.07) is 45.5. The van der Waals surface area contributed by atoms with Crippen molar-refractivity contribution in [2.75, 3.05) is 0 Å². The van der Waals surface area contributed by atoms with Crippen molar-refractivity contribution in [3.63, 3.8) is 0 Å². The summed E-state index contributed by atoms with van der Waals surface area (Å²) < 4.78 is 16.2. The lowest BCUT2D eigenvalue weighted by molar-refractivity contribution is 0.112. The highest BCUT2D eigenvalue weighted by atomic mass is 79.9. The SMILES string of the molecule is CC.CC.CC.CC.CC.CC.Cc1ccccc1-c1c(C)c2ccccc2oc1=O.Cc1ccccc1-c1c(C=O)c2ccccc2oc1=O.Cc1ccccc1-c1c(CBr)c2ccccc2oc1=O. The van der Waals surface area contributed by atoms with Crippen LogP contribution in [0, 0.1) is 27.7 Å². The van der Waals surface area contributed by atoms with Gasteiger partial charge in [-0.1, -0.05) is 226 Å². The van der Waals surface area contributed by atoms with Crippen LogP contribution in [0.15, 0.2) is 173 Å². The molecule has 6 aromatic carbocycles. The molecule has 7 nitrogen and oxygen atoms in total. The van der Waals surface area contributed by atoms with Crippen LogP contribution in [0.2, 0.25) is 0 Å². The van der Waals surface area contributed by atoms with Gasteiger partial charge in [0, 0.05) is 27.1 Å². The second-order valence-electron chi connectivity index (χ2n) is 14.0. The molecule has 0 saturated carbocycles. The fourth-order valence-electron chi connectivity index (χ4n) is 7.35. The molecular weight excluding hydrogens is 949 g/mol. The molecule has 0 saturated heterocycles. The minimum Gasteiger partial charge on any atom is -0.422 e. The first kappa shape index (κ1) is 62.1. The van der Waals surface area contributed by atoms with E-state index >= 15 is 0 Å². The topological polar surface area (TPSA) is 108 Å². The van der Waals surface area contributed by atoms with Gasteiger partial charge in [0.2, 0.25) is 0 Å². The summed E-state index contributed by atoms with van der Waals surface area (Å²) in [7, 11) is 0. The van der Waals surface area contributed by atoms with Gasteiger partial charge in [-0.25, -0.2) is 14.4 Å². The molecule has 0 aliphatic rings. The summed E-state index contributed by atoms with van der Waals surface area (Å²) in [6.07, 6.45) is 0.723. The van der Waals surface area contributed by atoms with Crippen LogP contribution < -0.4 is 16.9 Å². The van der Waals surface area contributed by atoms with Gasteiger partial charge in [0.25, 0.3) is 0 Å². The minimum absolute atomic E-state index is 0.273. The van der Waals surface area contributed by atoms with Crippen LogP contribution >= 0.6 is 15.9 Å². The van der Waals surface area contributed by atoms with Crippen molar-refractivity contribution in [2.24, 2.45) is 0 Å². The summed E-state index contributed by atoms with van der Waals surface area (Å²) in [5, 5.41) is 3.23. The maximum absolute atomic E-state index is 12.4.